The van der Waals surface area contributed by atoms with Crippen LogP contribution in [-0.2, 0) is 0 Å². The third-order valence-corrected chi connectivity index (χ3v) is 9.19. The molecule has 0 unspecified atom stereocenters. The highest BCUT2D eigenvalue weighted by molar-refractivity contribution is 7.80. The Morgan fingerprint density at radius 2 is 1.68 bits per heavy atom. The number of benzene rings is 2. The van der Waals surface area contributed by atoms with Crippen molar-refractivity contribution in [2.75, 3.05) is 22.9 Å². The van der Waals surface area contributed by atoms with Gasteiger partial charge < -0.3 is 19.7 Å². The number of hydrogen-bond donors (Lipinski definition) is 1. The van der Waals surface area contributed by atoms with Crippen LogP contribution >= 0.6 is 23.8 Å². The van der Waals surface area contributed by atoms with Crippen LogP contribution in [0.15, 0.2) is 72.9 Å². The first-order valence-electron chi connectivity index (χ1n) is 14.1. The van der Waals surface area contributed by atoms with E-state index in [0.29, 0.717) is 5.11 Å². The molecule has 7 heteroatoms. The van der Waals surface area contributed by atoms with Crippen molar-refractivity contribution in [3.8, 4) is 5.69 Å². The molecule has 2 aliphatic rings. The predicted octanol–water partition coefficient (Wildman–Crippen LogP) is 7.86. The van der Waals surface area contributed by atoms with E-state index in [-0.39, 0.29) is 12.1 Å². The Morgan fingerprint density at radius 1 is 0.925 bits per heavy atom. The minimum absolute atomic E-state index is 0.0934. The average molecular weight is 570 g/mol. The second kappa shape index (κ2) is 10.9. The van der Waals surface area contributed by atoms with Crippen LogP contribution in [0.1, 0.15) is 60.1 Å². The molecule has 0 radical (unpaired) electrons. The first-order valence-corrected chi connectivity index (χ1v) is 14.9. The van der Waals surface area contributed by atoms with Gasteiger partial charge in [-0.3, -0.25) is 4.98 Å². The van der Waals surface area contributed by atoms with E-state index in [0.717, 1.165) is 41.1 Å². The third kappa shape index (κ3) is 4.77. The van der Waals surface area contributed by atoms with Gasteiger partial charge >= 0.3 is 0 Å². The van der Waals surface area contributed by atoms with E-state index >= 15 is 0 Å². The third-order valence-electron chi connectivity index (χ3n) is 8.58. The average Bonchev–Trinajstić information content (AvgIpc) is 3.45. The Bertz CT molecular complexity index is 1540. The minimum Gasteiger partial charge on any atom is -0.370 e. The zero-order valence-corrected chi connectivity index (χ0v) is 25.1. The van der Waals surface area contributed by atoms with Gasteiger partial charge in [0.05, 0.1) is 28.5 Å². The normalized spacial score (nSPS) is 19.8. The molecule has 0 aliphatic carbocycles. The minimum atomic E-state index is -0.110. The quantitative estimate of drug-likeness (QED) is 0.247. The fraction of sp³-hybridized carbons (Fsp3) is 0.333. The number of aryl methyl sites for hydroxylation is 2. The molecule has 0 spiro atoms. The monoisotopic (exact) mass is 569 g/mol. The molecule has 2 atom stereocenters. The van der Waals surface area contributed by atoms with Gasteiger partial charge in [0.1, 0.15) is 0 Å². The molecular weight excluding hydrogens is 534 g/mol. The second-order valence-corrected chi connectivity index (χ2v) is 12.0. The topological polar surface area (TPSA) is 36.3 Å². The summed E-state index contributed by atoms with van der Waals surface area (Å²) in [5.41, 5.74) is 9.08. The van der Waals surface area contributed by atoms with Crippen LogP contribution in [0.5, 0.6) is 0 Å². The number of hydrogen-bond acceptors (Lipinski definition) is 3. The Hall–Kier alpha value is -3.35. The number of piperidine rings is 1. The molecule has 2 saturated heterocycles. The zero-order chi connectivity index (χ0) is 28.0. The van der Waals surface area contributed by atoms with Crippen molar-refractivity contribution in [2.24, 2.45) is 5.92 Å². The van der Waals surface area contributed by atoms with Crippen molar-refractivity contribution in [1.82, 2.24) is 14.9 Å². The summed E-state index contributed by atoms with van der Waals surface area (Å²) < 4.78 is 2.35. The lowest BCUT2D eigenvalue weighted by Gasteiger charge is -2.33. The van der Waals surface area contributed by atoms with Gasteiger partial charge in [0.25, 0.3) is 0 Å². The molecular formula is C33H36ClN5S. The molecule has 0 amide bonds. The largest absolute Gasteiger partial charge is 0.370 e. The first-order chi connectivity index (χ1) is 19.3. The molecule has 5 nitrogen and oxygen atoms in total. The van der Waals surface area contributed by atoms with Crippen molar-refractivity contribution in [3.05, 3.63) is 106 Å². The molecule has 4 heterocycles. The van der Waals surface area contributed by atoms with Crippen molar-refractivity contribution in [2.45, 2.75) is 52.6 Å². The van der Waals surface area contributed by atoms with Crippen LogP contribution in [0.4, 0.5) is 11.4 Å². The van der Waals surface area contributed by atoms with Gasteiger partial charge in [-0.15, -0.1) is 0 Å². The van der Waals surface area contributed by atoms with E-state index in [9.17, 15) is 0 Å². The highest BCUT2D eigenvalue weighted by Gasteiger charge is 2.42. The lowest BCUT2D eigenvalue weighted by molar-refractivity contribution is 0.438. The van der Waals surface area contributed by atoms with E-state index in [1.165, 1.54) is 41.0 Å². The van der Waals surface area contributed by atoms with Crippen LogP contribution in [-0.4, -0.2) is 27.8 Å². The van der Waals surface area contributed by atoms with E-state index < -0.39 is 0 Å². The van der Waals surface area contributed by atoms with Crippen LogP contribution in [0, 0.1) is 26.7 Å². The lowest BCUT2D eigenvalue weighted by atomic mass is 9.96. The molecule has 40 heavy (non-hydrogen) atoms. The van der Waals surface area contributed by atoms with Crippen molar-refractivity contribution in [1.29, 1.82) is 0 Å². The maximum Gasteiger partial charge on any atom is 0.174 e. The number of thiocarbonyl (C=S) groups is 1. The first kappa shape index (κ1) is 26.9. The molecule has 4 aromatic rings. The van der Waals surface area contributed by atoms with E-state index in [1.54, 1.807) is 0 Å². The fourth-order valence-electron chi connectivity index (χ4n) is 6.37. The Kier molecular flexibility index (Phi) is 7.32. The highest BCUT2D eigenvalue weighted by atomic mass is 35.5. The van der Waals surface area contributed by atoms with E-state index in [2.05, 4.69) is 102 Å². The van der Waals surface area contributed by atoms with Gasteiger partial charge in [-0.05, 0) is 105 Å². The maximum atomic E-state index is 6.98. The standard InChI is InChI=1S/C33H36ClN5S/c1-21-14-17-37(18-15-21)30-13-12-25(20-27(30)34)39-32(31(36-33(39)40)28-10-7-8-16-35-28)26-19-23(3)38(24(26)4)29-11-6-5-9-22(29)2/h5-13,16,19-21,31-32H,14-15,17-18H2,1-4H3,(H,36,40)/t31-,32+/m0/s1. The number of anilines is 2. The fourth-order valence-corrected chi connectivity index (χ4v) is 7.01. The molecule has 2 fully saturated rings. The number of rotatable bonds is 5. The summed E-state index contributed by atoms with van der Waals surface area (Å²) in [5, 5.41) is 5.05. The van der Waals surface area contributed by atoms with E-state index in [1.807, 2.05) is 18.3 Å². The summed E-state index contributed by atoms with van der Waals surface area (Å²) in [4.78, 5) is 9.38. The van der Waals surface area contributed by atoms with Crippen molar-refractivity contribution < 1.29 is 0 Å². The number of aromatic nitrogens is 2. The lowest BCUT2D eigenvalue weighted by Crippen LogP contribution is -2.33. The van der Waals surface area contributed by atoms with Crippen LogP contribution < -0.4 is 15.1 Å². The Balaban J connectivity index is 1.45. The van der Waals surface area contributed by atoms with Gasteiger partial charge in [0.2, 0.25) is 0 Å². The van der Waals surface area contributed by atoms with Crippen LogP contribution in [0.25, 0.3) is 5.69 Å². The van der Waals surface area contributed by atoms with Gasteiger partial charge in [-0.2, -0.15) is 0 Å². The Labute approximate surface area is 247 Å². The Morgan fingerprint density at radius 3 is 2.38 bits per heavy atom. The van der Waals surface area contributed by atoms with Crippen LogP contribution in [0.2, 0.25) is 5.02 Å². The summed E-state index contributed by atoms with van der Waals surface area (Å²) in [6.45, 7) is 11.0. The van der Waals surface area contributed by atoms with Crippen LogP contribution in [0.3, 0.4) is 0 Å². The molecule has 206 valence electrons. The number of halogens is 1. The number of pyridine rings is 1. The molecule has 0 bridgehead atoms. The van der Waals surface area contributed by atoms with Crippen molar-refractivity contribution >= 4 is 40.3 Å². The van der Waals surface area contributed by atoms with Gasteiger partial charge in [-0.25, -0.2) is 0 Å². The number of nitrogens with zero attached hydrogens (tertiary/aromatic N) is 4. The molecule has 2 aliphatic heterocycles. The summed E-state index contributed by atoms with van der Waals surface area (Å²) in [5.74, 6) is 0.769. The van der Waals surface area contributed by atoms with E-state index in [4.69, 9.17) is 28.8 Å². The highest BCUT2D eigenvalue weighted by Crippen LogP contribution is 2.45. The predicted molar refractivity (Wildman–Crippen MR) is 170 cm³/mol. The molecule has 1 N–H and O–H groups in total. The van der Waals surface area contributed by atoms with Gasteiger partial charge in [0, 0.05) is 42.0 Å². The zero-order valence-electron chi connectivity index (χ0n) is 23.6. The number of para-hydroxylation sites is 1. The maximum absolute atomic E-state index is 6.98. The summed E-state index contributed by atoms with van der Waals surface area (Å²) >= 11 is 13.0. The molecule has 0 saturated carbocycles. The molecule has 6 rings (SSSR count). The number of nitrogens with one attached hydrogen (secondary N) is 1. The van der Waals surface area contributed by atoms with Gasteiger partial charge in [-0.1, -0.05) is 42.8 Å². The second-order valence-electron chi connectivity index (χ2n) is 11.3. The summed E-state index contributed by atoms with van der Waals surface area (Å²) in [6.07, 6.45) is 4.24. The van der Waals surface area contributed by atoms with Crippen molar-refractivity contribution in [3.63, 3.8) is 0 Å². The molecule has 2 aromatic heterocycles. The summed E-state index contributed by atoms with van der Waals surface area (Å²) in [6, 6.07) is 23.1. The van der Waals surface area contributed by atoms with Gasteiger partial charge in [0.15, 0.2) is 5.11 Å². The smallest absolute Gasteiger partial charge is 0.174 e. The summed E-state index contributed by atoms with van der Waals surface area (Å²) in [7, 11) is 0. The molecule has 2 aromatic carbocycles. The SMILES string of the molecule is Cc1ccccc1-n1c(C)cc([C@@H]2[C@H](c3ccccn3)NC(=S)N2c2ccc(N3CCC(C)CC3)c(Cl)c2)c1C.